The molecule has 0 saturated heterocycles. The molecule has 0 radical (unpaired) electrons. The fourth-order valence-corrected chi connectivity index (χ4v) is 0.984. The minimum absolute atomic E-state index is 0.390. The van der Waals surface area contributed by atoms with Gasteiger partial charge in [0.05, 0.1) is 6.10 Å². The Morgan fingerprint density at radius 3 is 2.58 bits per heavy atom. The SMILES string of the molecule is COC(C)CCCNCCCN. The minimum Gasteiger partial charge on any atom is -0.382 e. The van der Waals surface area contributed by atoms with Gasteiger partial charge in [0, 0.05) is 7.11 Å². The first-order valence-corrected chi connectivity index (χ1v) is 4.74. The quantitative estimate of drug-likeness (QED) is 0.534. The molecule has 0 aromatic heterocycles. The summed E-state index contributed by atoms with van der Waals surface area (Å²) in [5, 5.41) is 3.33. The van der Waals surface area contributed by atoms with Gasteiger partial charge in [-0.1, -0.05) is 0 Å². The molecular formula is C9H22N2O. The van der Waals surface area contributed by atoms with Crippen molar-refractivity contribution in [3.05, 3.63) is 0 Å². The zero-order chi connectivity index (χ0) is 9.23. The van der Waals surface area contributed by atoms with E-state index in [1.165, 1.54) is 6.42 Å². The Morgan fingerprint density at radius 2 is 2.00 bits per heavy atom. The lowest BCUT2D eigenvalue weighted by Crippen LogP contribution is -2.20. The van der Waals surface area contributed by atoms with Crippen molar-refractivity contribution in [3.8, 4) is 0 Å². The Bertz CT molecular complexity index is 88.6. The number of hydrogen-bond acceptors (Lipinski definition) is 3. The second kappa shape index (κ2) is 8.97. The topological polar surface area (TPSA) is 47.3 Å². The lowest BCUT2D eigenvalue weighted by atomic mass is 10.2. The van der Waals surface area contributed by atoms with E-state index >= 15 is 0 Å². The fraction of sp³-hybridized carbons (Fsp3) is 1.00. The number of methoxy groups -OCH3 is 1. The highest BCUT2D eigenvalue weighted by molar-refractivity contribution is 4.53. The molecule has 3 heteroatoms. The smallest absolute Gasteiger partial charge is 0.0543 e. The van der Waals surface area contributed by atoms with Gasteiger partial charge in [-0.2, -0.15) is 0 Å². The van der Waals surface area contributed by atoms with Crippen molar-refractivity contribution in [3.63, 3.8) is 0 Å². The monoisotopic (exact) mass is 174 g/mol. The highest BCUT2D eigenvalue weighted by Crippen LogP contribution is 1.97. The van der Waals surface area contributed by atoms with Gasteiger partial charge in [0.15, 0.2) is 0 Å². The third-order valence-electron chi connectivity index (χ3n) is 1.92. The Labute approximate surface area is 75.7 Å². The van der Waals surface area contributed by atoms with Crippen LogP contribution in [-0.2, 0) is 4.74 Å². The molecule has 0 spiro atoms. The van der Waals surface area contributed by atoms with E-state index in [1.54, 1.807) is 7.11 Å². The van der Waals surface area contributed by atoms with Crippen molar-refractivity contribution >= 4 is 0 Å². The Balaban J connectivity index is 2.90. The van der Waals surface area contributed by atoms with Crippen LogP contribution in [0.15, 0.2) is 0 Å². The largest absolute Gasteiger partial charge is 0.382 e. The number of nitrogens with two attached hydrogens (primary N) is 1. The average Bonchev–Trinajstić information content (AvgIpc) is 2.10. The summed E-state index contributed by atoms with van der Waals surface area (Å²) in [5.74, 6) is 0. The second-order valence-corrected chi connectivity index (χ2v) is 3.08. The van der Waals surface area contributed by atoms with E-state index in [9.17, 15) is 0 Å². The molecule has 74 valence electrons. The summed E-state index contributed by atoms with van der Waals surface area (Å²) < 4.78 is 5.13. The number of rotatable bonds is 8. The van der Waals surface area contributed by atoms with Crippen LogP contribution in [0.4, 0.5) is 0 Å². The maximum Gasteiger partial charge on any atom is 0.0543 e. The highest BCUT2D eigenvalue weighted by atomic mass is 16.5. The molecule has 0 heterocycles. The Morgan fingerprint density at radius 1 is 1.33 bits per heavy atom. The van der Waals surface area contributed by atoms with E-state index in [4.69, 9.17) is 10.5 Å². The van der Waals surface area contributed by atoms with E-state index in [1.807, 2.05) is 0 Å². The molecule has 0 aliphatic carbocycles. The standard InChI is InChI=1S/C9H22N2O/c1-9(12-2)5-3-7-11-8-4-6-10/h9,11H,3-8,10H2,1-2H3. The lowest BCUT2D eigenvalue weighted by molar-refractivity contribution is 0.109. The van der Waals surface area contributed by atoms with Crippen molar-refractivity contribution in [2.75, 3.05) is 26.7 Å². The predicted octanol–water partition coefficient (Wildman–Crippen LogP) is 0.740. The van der Waals surface area contributed by atoms with Gasteiger partial charge in [0.2, 0.25) is 0 Å². The first-order valence-electron chi connectivity index (χ1n) is 4.74. The van der Waals surface area contributed by atoms with Crippen molar-refractivity contribution in [1.29, 1.82) is 0 Å². The average molecular weight is 174 g/mol. The zero-order valence-corrected chi connectivity index (χ0v) is 8.31. The molecule has 0 saturated carbocycles. The molecule has 0 aliphatic rings. The van der Waals surface area contributed by atoms with Gasteiger partial charge in [-0.25, -0.2) is 0 Å². The van der Waals surface area contributed by atoms with Crippen LogP contribution < -0.4 is 11.1 Å². The predicted molar refractivity (Wildman–Crippen MR) is 52.2 cm³/mol. The van der Waals surface area contributed by atoms with Crippen LogP contribution in [0.3, 0.4) is 0 Å². The summed E-state index contributed by atoms with van der Waals surface area (Å²) in [6.45, 7) is 4.99. The van der Waals surface area contributed by atoms with E-state index in [0.29, 0.717) is 6.10 Å². The first kappa shape index (κ1) is 11.9. The van der Waals surface area contributed by atoms with Gasteiger partial charge in [-0.05, 0) is 45.8 Å². The van der Waals surface area contributed by atoms with Gasteiger partial charge in [0.1, 0.15) is 0 Å². The lowest BCUT2D eigenvalue weighted by Gasteiger charge is -2.08. The molecule has 1 atom stereocenters. The molecule has 3 nitrogen and oxygen atoms in total. The molecule has 1 unspecified atom stereocenters. The fourth-order valence-electron chi connectivity index (χ4n) is 0.984. The van der Waals surface area contributed by atoms with Gasteiger partial charge in [-0.15, -0.1) is 0 Å². The van der Waals surface area contributed by atoms with Crippen LogP contribution in [-0.4, -0.2) is 32.8 Å². The third-order valence-corrected chi connectivity index (χ3v) is 1.92. The molecule has 0 rings (SSSR count). The normalized spacial score (nSPS) is 13.2. The minimum atomic E-state index is 0.390. The highest BCUT2D eigenvalue weighted by Gasteiger charge is 1.97. The molecule has 0 fully saturated rings. The molecule has 0 aromatic carbocycles. The van der Waals surface area contributed by atoms with Gasteiger partial charge in [-0.3, -0.25) is 0 Å². The summed E-state index contributed by atoms with van der Waals surface area (Å²) in [7, 11) is 1.76. The summed E-state index contributed by atoms with van der Waals surface area (Å²) in [6, 6.07) is 0. The summed E-state index contributed by atoms with van der Waals surface area (Å²) in [6.07, 6.45) is 3.77. The number of ether oxygens (including phenoxy) is 1. The molecule has 0 amide bonds. The van der Waals surface area contributed by atoms with Gasteiger partial charge < -0.3 is 15.8 Å². The van der Waals surface area contributed by atoms with Crippen molar-refractivity contribution in [1.82, 2.24) is 5.32 Å². The maximum absolute atomic E-state index is 5.35. The molecule has 0 aliphatic heterocycles. The van der Waals surface area contributed by atoms with E-state index in [2.05, 4.69) is 12.2 Å². The molecule has 12 heavy (non-hydrogen) atoms. The molecule has 3 N–H and O–H groups in total. The van der Waals surface area contributed by atoms with Crippen molar-refractivity contribution < 1.29 is 4.74 Å². The number of nitrogens with one attached hydrogen (secondary N) is 1. The van der Waals surface area contributed by atoms with Crippen LogP contribution >= 0.6 is 0 Å². The van der Waals surface area contributed by atoms with Crippen LogP contribution in [0, 0.1) is 0 Å². The molecule has 0 bridgehead atoms. The summed E-state index contributed by atoms with van der Waals surface area (Å²) in [4.78, 5) is 0. The van der Waals surface area contributed by atoms with Crippen molar-refractivity contribution in [2.24, 2.45) is 5.73 Å². The summed E-state index contributed by atoms with van der Waals surface area (Å²) in [5.41, 5.74) is 5.35. The third kappa shape index (κ3) is 7.98. The Hall–Kier alpha value is -0.120. The zero-order valence-electron chi connectivity index (χ0n) is 8.31. The van der Waals surface area contributed by atoms with Crippen LogP contribution in [0.2, 0.25) is 0 Å². The maximum atomic E-state index is 5.35. The van der Waals surface area contributed by atoms with Crippen molar-refractivity contribution in [2.45, 2.75) is 32.3 Å². The van der Waals surface area contributed by atoms with E-state index in [-0.39, 0.29) is 0 Å². The van der Waals surface area contributed by atoms with E-state index < -0.39 is 0 Å². The Kier molecular flexibility index (Phi) is 8.88. The van der Waals surface area contributed by atoms with Crippen LogP contribution in [0.1, 0.15) is 26.2 Å². The van der Waals surface area contributed by atoms with Gasteiger partial charge >= 0.3 is 0 Å². The molecular weight excluding hydrogens is 152 g/mol. The number of hydrogen-bond donors (Lipinski definition) is 2. The first-order chi connectivity index (χ1) is 5.81. The molecule has 0 aromatic rings. The second-order valence-electron chi connectivity index (χ2n) is 3.08. The van der Waals surface area contributed by atoms with Crippen LogP contribution in [0.25, 0.3) is 0 Å². The van der Waals surface area contributed by atoms with Gasteiger partial charge in [0.25, 0.3) is 0 Å². The van der Waals surface area contributed by atoms with E-state index in [0.717, 1.165) is 32.5 Å². The van der Waals surface area contributed by atoms with Crippen LogP contribution in [0.5, 0.6) is 0 Å². The summed E-state index contributed by atoms with van der Waals surface area (Å²) >= 11 is 0.